The minimum Gasteiger partial charge on any atom is -0.380 e. The molecule has 114 valence electrons. The molecule has 20 heavy (non-hydrogen) atoms. The van der Waals surface area contributed by atoms with Gasteiger partial charge in [-0.3, -0.25) is 4.79 Å². The number of carbonyl (C=O) groups excluding carboxylic acids is 1. The predicted octanol–water partition coefficient (Wildman–Crippen LogP) is 1.86. The van der Waals surface area contributed by atoms with Crippen molar-refractivity contribution in [1.29, 1.82) is 0 Å². The van der Waals surface area contributed by atoms with Crippen LogP contribution in [-0.4, -0.2) is 43.2 Å². The van der Waals surface area contributed by atoms with Crippen LogP contribution < -0.4 is 5.73 Å². The monoisotopic (exact) mass is 300 g/mol. The Balaban J connectivity index is 0.00000361. The first-order valence-corrected chi connectivity index (χ1v) is 6.85. The molecule has 0 radical (unpaired) electrons. The summed E-state index contributed by atoms with van der Waals surface area (Å²) in [6.45, 7) is 6.40. The van der Waals surface area contributed by atoms with Crippen LogP contribution in [0.1, 0.15) is 19.4 Å². The molecule has 0 bridgehead atoms. The van der Waals surface area contributed by atoms with Crippen LogP contribution in [0.15, 0.2) is 30.3 Å². The lowest BCUT2D eigenvalue weighted by Gasteiger charge is -2.24. The van der Waals surface area contributed by atoms with Gasteiger partial charge in [0, 0.05) is 19.7 Å². The van der Waals surface area contributed by atoms with Gasteiger partial charge in [-0.05, 0) is 25.8 Å². The number of nitrogens with two attached hydrogens (primary N) is 1. The third kappa shape index (κ3) is 6.37. The summed E-state index contributed by atoms with van der Waals surface area (Å²) in [7, 11) is 0. The number of hydrogen-bond donors (Lipinski definition) is 1. The van der Waals surface area contributed by atoms with Crippen molar-refractivity contribution < 1.29 is 9.53 Å². The molecule has 0 aliphatic carbocycles. The standard InChI is InChI=1S/C15H24N2O2.ClH/c1-3-17(10-11-19-4-2)15(18)14(16)12-13-8-6-5-7-9-13;/h5-9,14H,3-4,10-12,16H2,1-2H3;1H. The fourth-order valence-corrected chi connectivity index (χ4v) is 1.93. The summed E-state index contributed by atoms with van der Waals surface area (Å²) in [5.41, 5.74) is 7.09. The van der Waals surface area contributed by atoms with Crippen LogP contribution in [0, 0.1) is 0 Å². The highest BCUT2D eigenvalue weighted by Crippen LogP contribution is 2.04. The smallest absolute Gasteiger partial charge is 0.239 e. The van der Waals surface area contributed by atoms with Gasteiger partial charge in [0.2, 0.25) is 5.91 Å². The second-order valence-electron chi connectivity index (χ2n) is 4.41. The first kappa shape index (κ1) is 18.9. The van der Waals surface area contributed by atoms with E-state index in [0.29, 0.717) is 32.7 Å². The Morgan fingerprint density at radius 1 is 1.30 bits per heavy atom. The molecule has 0 aromatic heterocycles. The van der Waals surface area contributed by atoms with Gasteiger partial charge in [0.25, 0.3) is 0 Å². The summed E-state index contributed by atoms with van der Waals surface area (Å²) in [6, 6.07) is 9.37. The van der Waals surface area contributed by atoms with Crippen LogP contribution in [0.2, 0.25) is 0 Å². The number of likely N-dealkylation sites (N-methyl/N-ethyl adjacent to an activating group) is 1. The van der Waals surface area contributed by atoms with Crippen LogP contribution in [0.25, 0.3) is 0 Å². The maximum Gasteiger partial charge on any atom is 0.239 e. The van der Waals surface area contributed by atoms with Gasteiger partial charge in [-0.15, -0.1) is 12.4 Å². The lowest BCUT2D eigenvalue weighted by molar-refractivity contribution is -0.133. The Labute approximate surface area is 127 Å². The van der Waals surface area contributed by atoms with E-state index in [0.717, 1.165) is 5.56 Å². The van der Waals surface area contributed by atoms with Gasteiger partial charge < -0.3 is 15.4 Å². The van der Waals surface area contributed by atoms with Crippen molar-refractivity contribution in [3.8, 4) is 0 Å². The zero-order valence-corrected chi connectivity index (χ0v) is 13.1. The highest BCUT2D eigenvalue weighted by molar-refractivity contribution is 5.85. The van der Waals surface area contributed by atoms with Gasteiger partial charge in [0.1, 0.15) is 0 Å². The zero-order valence-electron chi connectivity index (χ0n) is 12.2. The van der Waals surface area contributed by atoms with Gasteiger partial charge >= 0.3 is 0 Å². The molecule has 1 aromatic rings. The Kier molecular flexibility index (Phi) is 10.1. The molecule has 0 spiro atoms. The van der Waals surface area contributed by atoms with Crippen molar-refractivity contribution in [2.75, 3.05) is 26.3 Å². The van der Waals surface area contributed by atoms with Crippen LogP contribution in [0.5, 0.6) is 0 Å². The summed E-state index contributed by atoms with van der Waals surface area (Å²) in [4.78, 5) is 14.0. The van der Waals surface area contributed by atoms with E-state index in [1.807, 2.05) is 44.2 Å². The number of carbonyl (C=O) groups is 1. The second kappa shape index (κ2) is 10.7. The molecule has 1 aromatic carbocycles. The maximum atomic E-state index is 12.2. The fraction of sp³-hybridized carbons (Fsp3) is 0.533. The summed E-state index contributed by atoms with van der Waals surface area (Å²) in [6.07, 6.45) is 0.574. The Hall–Kier alpha value is -1.10. The van der Waals surface area contributed by atoms with E-state index in [1.54, 1.807) is 4.90 Å². The topological polar surface area (TPSA) is 55.6 Å². The molecular weight excluding hydrogens is 276 g/mol. The molecular formula is C15H25ClN2O2. The molecule has 0 saturated heterocycles. The van der Waals surface area contributed by atoms with E-state index < -0.39 is 6.04 Å². The predicted molar refractivity (Wildman–Crippen MR) is 84.1 cm³/mol. The van der Waals surface area contributed by atoms with Crippen molar-refractivity contribution in [2.24, 2.45) is 5.73 Å². The van der Waals surface area contributed by atoms with Crippen molar-refractivity contribution in [3.05, 3.63) is 35.9 Å². The Morgan fingerprint density at radius 3 is 2.50 bits per heavy atom. The average Bonchev–Trinajstić information content (AvgIpc) is 2.44. The third-order valence-electron chi connectivity index (χ3n) is 3.02. The largest absolute Gasteiger partial charge is 0.380 e. The quantitative estimate of drug-likeness (QED) is 0.746. The number of amides is 1. The molecule has 5 heteroatoms. The third-order valence-corrected chi connectivity index (χ3v) is 3.02. The number of ether oxygens (including phenoxy) is 1. The number of benzene rings is 1. The van der Waals surface area contributed by atoms with Crippen molar-refractivity contribution in [3.63, 3.8) is 0 Å². The number of halogens is 1. The molecule has 0 aliphatic rings. The van der Waals surface area contributed by atoms with E-state index in [9.17, 15) is 4.79 Å². The first-order chi connectivity index (χ1) is 9.19. The molecule has 1 amide bonds. The van der Waals surface area contributed by atoms with Crippen LogP contribution in [0.3, 0.4) is 0 Å². The van der Waals surface area contributed by atoms with Crippen molar-refractivity contribution in [2.45, 2.75) is 26.3 Å². The van der Waals surface area contributed by atoms with Gasteiger partial charge in [0.15, 0.2) is 0 Å². The summed E-state index contributed by atoms with van der Waals surface area (Å²) < 4.78 is 5.28. The first-order valence-electron chi connectivity index (χ1n) is 6.85. The fourth-order valence-electron chi connectivity index (χ4n) is 1.93. The molecule has 0 aliphatic heterocycles. The van der Waals surface area contributed by atoms with E-state index in [-0.39, 0.29) is 18.3 Å². The second-order valence-corrected chi connectivity index (χ2v) is 4.41. The van der Waals surface area contributed by atoms with Crippen molar-refractivity contribution in [1.82, 2.24) is 4.90 Å². The highest BCUT2D eigenvalue weighted by Gasteiger charge is 2.19. The van der Waals surface area contributed by atoms with Crippen LogP contribution in [0.4, 0.5) is 0 Å². The molecule has 4 nitrogen and oxygen atoms in total. The number of nitrogens with zero attached hydrogens (tertiary/aromatic N) is 1. The lowest BCUT2D eigenvalue weighted by atomic mass is 10.1. The Morgan fingerprint density at radius 2 is 1.95 bits per heavy atom. The summed E-state index contributed by atoms with van der Waals surface area (Å²) in [5, 5.41) is 0. The van der Waals surface area contributed by atoms with Gasteiger partial charge in [0.05, 0.1) is 12.6 Å². The van der Waals surface area contributed by atoms with Crippen LogP contribution in [-0.2, 0) is 16.0 Å². The van der Waals surface area contributed by atoms with E-state index >= 15 is 0 Å². The normalized spacial score (nSPS) is 11.6. The molecule has 1 unspecified atom stereocenters. The minimum atomic E-state index is -0.482. The summed E-state index contributed by atoms with van der Waals surface area (Å²) >= 11 is 0. The van der Waals surface area contributed by atoms with Crippen LogP contribution >= 0.6 is 12.4 Å². The molecule has 0 heterocycles. The van der Waals surface area contributed by atoms with Gasteiger partial charge in [-0.25, -0.2) is 0 Å². The SMILES string of the molecule is CCOCCN(CC)C(=O)C(N)Cc1ccccc1.Cl. The maximum absolute atomic E-state index is 12.2. The molecule has 1 atom stereocenters. The van der Waals surface area contributed by atoms with Gasteiger partial charge in [-0.1, -0.05) is 30.3 Å². The molecule has 0 saturated carbocycles. The molecule has 2 N–H and O–H groups in total. The zero-order chi connectivity index (χ0) is 14.1. The molecule has 1 rings (SSSR count). The van der Waals surface area contributed by atoms with Crippen molar-refractivity contribution >= 4 is 18.3 Å². The average molecular weight is 301 g/mol. The number of hydrogen-bond acceptors (Lipinski definition) is 3. The lowest BCUT2D eigenvalue weighted by Crippen LogP contribution is -2.46. The number of rotatable bonds is 8. The Bertz CT molecular complexity index is 373. The molecule has 0 fully saturated rings. The van der Waals surface area contributed by atoms with E-state index in [2.05, 4.69) is 0 Å². The highest BCUT2D eigenvalue weighted by atomic mass is 35.5. The van der Waals surface area contributed by atoms with E-state index in [1.165, 1.54) is 0 Å². The van der Waals surface area contributed by atoms with E-state index in [4.69, 9.17) is 10.5 Å². The summed E-state index contributed by atoms with van der Waals surface area (Å²) in [5.74, 6) is -0.00828. The minimum absolute atomic E-state index is 0. The van der Waals surface area contributed by atoms with Gasteiger partial charge in [-0.2, -0.15) is 0 Å².